The van der Waals surface area contributed by atoms with E-state index in [1.54, 1.807) is 6.21 Å². The van der Waals surface area contributed by atoms with Crippen molar-refractivity contribution in [2.45, 2.75) is 0 Å². The van der Waals surface area contributed by atoms with Crippen LogP contribution in [-0.4, -0.2) is 13.3 Å². The number of hydrogen-bond acceptors (Lipinski definition) is 4. The maximum atomic E-state index is 8.90. The Hall–Kier alpha value is -2.80. The fourth-order valence-electron chi connectivity index (χ4n) is 1.67. The van der Waals surface area contributed by atoms with Crippen molar-refractivity contribution in [3.05, 3.63) is 59.6 Å². The van der Waals surface area contributed by atoms with E-state index in [1.165, 1.54) is 7.11 Å². The fourth-order valence-corrected chi connectivity index (χ4v) is 1.67. The Balaban J connectivity index is 2.34. The van der Waals surface area contributed by atoms with Crippen LogP contribution >= 0.6 is 0 Å². The Kier molecular flexibility index (Phi) is 3.79. The molecule has 2 aromatic carbocycles. The number of nitrogens with zero attached hydrogens (tertiary/aromatic N) is 2. The van der Waals surface area contributed by atoms with Crippen molar-refractivity contribution < 1.29 is 4.74 Å². The summed E-state index contributed by atoms with van der Waals surface area (Å²) in [5.74, 6) is 0.0135. The summed E-state index contributed by atoms with van der Waals surface area (Å²) in [6.45, 7) is 0. The summed E-state index contributed by atoms with van der Waals surface area (Å²) in [7, 11) is 1.40. The molecule has 0 saturated carbocycles. The molecule has 94 valence electrons. The Morgan fingerprint density at radius 3 is 2.68 bits per heavy atom. The molecule has 4 nitrogen and oxygen atoms in total. The van der Waals surface area contributed by atoms with E-state index in [2.05, 4.69) is 4.99 Å². The number of nitriles is 1. The fraction of sp³-hybridized carbons (Fsp3) is 0.0667. The first-order chi connectivity index (χ1) is 9.24. The van der Waals surface area contributed by atoms with Crippen LogP contribution in [0.15, 0.2) is 59.0 Å². The molecule has 0 aromatic heterocycles. The minimum Gasteiger partial charge on any atom is -0.481 e. The molecule has 0 fully saturated rings. The van der Waals surface area contributed by atoms with Crippen LogP contribution in [0.25, 0.3) is 10.8 Å². The average molecular weight is 251 g/mol. The molecule has 2 aromatic rings. The van der Waals surface area contributed by atoms with Gasteiger partial charge in [-0.15, -0.1) is 0 Å². The van der Waals surface area contributed by atoms with E-state index in [1.807, 2.05) is 48.5 Å². The molecule has 4 heteroatoms. The first kappa shape index (κ1) is 12.7. The number of ether oxygens (including phenoxy) is 1. The molecule has 0 heterocycles. The SMILES string of the molecule is CO/C(N)=C(/C#N)N=Cc1ccc2ccccc2c1. The van der Waals surface area contributed by atoms with Gasteiger partial charge in [0.1, 0.15) is 6.07 Å². The molecule has 0 aliphatic carbocycles. The summed E-state index contributed by atoms with van der Waals surface area (Å²) in [6, 6.07) is 15.9. The second-order valence-corrected chi connectivity index (χ2v) is 3.89. The van der Waals surface area contributed by atoms with Crippen LogP contribution in [0, 0.1) is 11.3 Å². The van der Waals surface area contributed by atoms with Gasteiger partial charge in [-0.3, -0.25) is 0 Å². The molecule has 0 atom stereocenters. The first-order valence-electron chi connectivity index (χ1n) is 5.71. The number of hydrogen-bond donors (Lipinski definition) is 1. The smallest absolute Gasteiger partial charge is 0.221 e. The van der Waals surface area contributed by atoms with Gasteiger partial charge in [0.2, 0.25) is 5.88 Å². The number of nitrogens with two attached hydrogens (primary N) is 1. The molecule has 19 heavy (non-hydrogen) atoms. The van der Waals surface area contributed by atoms with E-state index >= 15 is 0 Å². The zero-order valence-electron chi connectivity index (χ0n) is 10.5. The molecule has 0 radical (unpaired) electrons. The van der Waals surface area contributed by atoms with Gasteiger partial charge >= 0.3 is 0 Å². The van der Waals surface area contributed by atoms with Gasteiger partial charge in [0.15, 0.2) is 5.70 Å². The summed E-state index contributed by atoms with van der Waals surface area (Å²) in [5.41, 5.74) is 6.47. The average Bonchev–Trinajstić information content (AvgIpc) is 2.47. The second-order valence-electron chi connectivity index (χ2n) is 3.89. The van der Waals surface area contributed by atoms with Crippen LogP contribution in [0.2, 0.25) is 0 Å². The van der Waals surface area contributed by atoms with E-state index in [0.717, 1.165) is 16.3 Å². The van der Waals surface area contributed by atoms with Crippen LogP contribution in [0.5, 0.6) is 0 Å². The zero-order chi connectivity index (χ0) is 13.7. The Labute approximate surface area is 111 Å². The lowest BCUT2D eigenvalue weighted by molar-refractivity contribution is 0.284. The Morgan fingerprint density at radius 2 is 2.00 bits per heavy atom. The third-order valence-electron chi connectivity index (χ3n) is 2.68. The normalized spacial score (nSPS) is 12.2. The molecule has 0 saturated heterocycles. The predicted molar refractivity (Wildman–Crippen MR) is 75.4 cm³/mol. The van der Waals surface area contributed by atoms with E-state index in [9.17, 15) is 0 Å². The van der Waals surface area contributed by atoms with E-state index < -0.39 is 0 Å². The van der Waals surface area contributed by atoms with Crippen molar-refractivity contribution in [3.63, 3.8) is 0 Å². The highest BCUT2D eigenvalue weighted by Gasteiger charge is 2.00. The van der Waals surface area contributed by atoms with E-state index in [0.29, 0.717) is 0 Å². The van der Waals surface area contributed by atoms with Gasteiger partial charge in [0.25, 0.3) is 0 Å². The summed E-state index contributed by atoms with van der Waals surface area (Å²) in [5, 5.41) is 11.2. The predicted octanol–water partition coefficient (Wildman–Crippen LogP) is 2.56. The minimum atomic E-state index is 0.0135. The number of fused-ring (bicyclic) bond motifs is 1. The van der Waals surface area contributed by atoms with Gasteiger partial charge in [-0.1, -0.05) is 36.4 Å². The molecule has 2 rings (SSSR count). The molecule has 0 aliphatic heterocycles. The topological polar surface area (TPSA) is 71.4 Å². The lowest BCUT2D eigenvalue weighted by atomic mass is 10.1. The van der Waals surface area contributed by atoms with Gasteiger partial charge in [0, 0.05) is 6.21 Å². The van der Waals surface area contributed by atoms with Crippen molar-refractivity contribution in [1.82, 2.24) is 0 Å². The Bertz CT molecular complexity index is 696. The number of methoxy groups -OCH3 is 1. The highest BCUT2D eigenvalue weighted by molar-refractivity contribution is 5.90. The number of aliphatic imine (C=N–C) groups is 1. The maximum Gasteiger partial charge on any atom is 0.221 e. The van der Waals surface area contributed by atoms with Gasteiger partial charge < -0.3 is 10.5 Å². The van der Waals surface area contributed by atoms with Crippen LogP contribution in [-0.2, 0) is 4.74 Å². The molecule has 0 spiro atoms. The van der Waals surface area contributed by atoms with Crippen LogP contribution in [0.4, 0.5) is 0 Å². The van der Waals surface area contributed by atoms with Gasteiger partial charge in [-0.25, -0.2) is 4.99 Å². The molecule has 2 N–H and O–H groups in total. The summed E-state index contributed by atoms with van der Waals surface area (Å²) >= 11 is 0. The molecule has 0 aliphatic rings. The van der Waals surface area contributed by atoms with Gasteiger partial charge in [-0.05, 0) is 22.4 Å². The summed E-state index contributed by atoms with van der Waals surface area (Å²) in [6.07, 6.45) is 1.59. The van der Waals surface area contributed by atoms with Crippen LogP contribution < -0.4 is 5.73 Å². The van der Waals surface area contributed by atoms with Crippen molar-refractivity contribution in [1.29, 1.82) is 5.26 Å². The lowest BCUT2D eigenvalue weighted by Gasteiger charge is -2.00. The number of rotatable bonds is 3. The van der Waals surface area contributed by atoms with Crippen LogP contribution in [0.3, 0.4) is 0 Å². The molecule has 0 unspecified atom stereocenters. The monoisotopic (exact) mass is 251 g/mol. The maximum absolute atomic E-state index is 8.90. The van der Waals surface area contributed by atoms with E-state index in [4.69, 9.17) is 15.7 Å². The van der Waals surface area contributed by atoms with E-state index in [-0.39, 0.29) is 11.6 Å². The van der Waals surface area contributed by atoms with Gasteiger partial charge in [-0.2, -0.15) is 5.26 Å². The zero-order valence-corrected chi connectivity index (χ0v) is 10.5. The van der Waals surface area contributed by atoms with Crippen molar-refractivity contribution in [2.75, 3.05) is 7.11 Å². The number of allylic oxidation sites excluding steroid dienone is 1. The second kappa shape index (κ2) is 5.69. The standard InChI is InChI=1S/C15H13N3O/c1-19-15(17)14(9-16)18-10-11-6-7-12-4-2-3-5-13(12)8-11/h2-8,10H,17H2,1H3/b15-14-,18-10?. The third-order valence-corrected chi connectivity index (χ3v) is 2.68. The lowest BCUT2D eigenvalue weighted by Crippen LogP contribution is -2.02. The highest BCUT2D eigenvalue weighted by Crippen LogP contribution is 2.14. The quantitative estimate of drug-likeness (QED) is 0.517. The first-order valence-corrected chi connectivity index (χ1v) is 5.71. The molecular formula is C15H13N3O. The van der Waals surface area contributed by atoms with Crippen LogP contribution in [0.1, 0.15) is 5.56 Å². The summed E-state index contributed by atoms with van der Waals surface area (Å²) < 4.78 is 4.78. The molecule has 0 amide bonds. The van der Waals surface area contributed by atoms with Crippen molar-refractivity contribution in [2.24, 2.45) is 10.7 Å². The van der Waals surface area contributed by atoms with Crippen molar-refractivity contribution >= 4 is 17.0 Å². The molecular weight excluding hydrogens is 238 g/mol. The highest BCUT2D eigenvalue weighted by atomic mass is 16.5. The Morgan fingerprint density at radius 1 is 1.26 bits per heavy atom. The third kappa shape index (κ3) is 2.90. The summed E-state index contributed by atoms with van der Waals surface area (Å²) in [4.78, 5) is 4.03. The molecule has 0 bridgehead atoms. The number of benzene rings is 2. The largest absolute Gasteiger partial charge is 0.481 e. The van der Waals surface area contributed by atoms with Crippen molar-refractivity contribution in [3.8, 4) is 6.07 Å². The minimum absolute atomic E-state index is 0.0135. The van der Waals surface area contributed by atoms with Gasteiger partial charge in [0.05, 0.1) is 7.11 Å².